The molecule has 9 heteroatoms. The van der Waals surface area contributed by atoms with Gasteiger partial charge in [-0.2, -0.15) is 0 Å². The summed E-state index contributed by atoms with van der Waals surface area (Å²) in [6.07, 6.45) is 2.42. The Morgan fingerprint density at radius 2 is 1.83 bits per heavy atom. The maximum atomic E-state index is 12.6. The first-order valence-electron chi connectivity index (χ1n) is 7.79. The molecule has 0 spiro atoms. The Kier molecular flexibility index (Phi) is 4.14. The van der Waals surface area contributed by atoms with Crippen molar-refractivity contribution in [3.05, 3.63) is 0 Å². The zero-order chi connectivity index (χ0) is 16.8. The van der Waals surface area contributed by atoms with Crippen LogP contribution in [0.1, 0.15) is 12.8 Å². The summed E-state index contributed by atoms with van der Waals surface area (Å²) in [7, 11) is -3.42. The van der Waals surface area contributed by atoms with Crippen LogP contribution in [0.2, 0.25) is 0 Å². The van der Waals surface area contributed by atoms with E-state index in [1.165, 1.54) is 4.31 Å². The van der Waals surface area contributed by atoms with Crippen LogP contribution in [0.5, 0.6) is 0 Å². The number of fused-ring (bicyclic) bond motifs is 1. The molecule has 0 unspecified atom stereocenters. The summed E-state index contributed by atoms with van der Waals surface area (Å²) in [5.41, 5.74) is -1.18. The van der Waals surface area contributed by atoms with E-state index in [1.807, 2.05) is 0 Å². The molecule has 0 radical (unpaired) electrons. The zero-order valence-corrected chi connectivity index (χ0v) is 13.9. The first-order valence-corrected chi connectivity index (χ1v) is 9.64. The summed E-state index contributed by atoms with van der Waals surface area (Å²) >= 11 is 0. The highest BCUT2D eigenvalue weighted by Crippen LogP contribution is 2.44. The van der Waals surface area contributed by atoms with Gasteiger partial charge in [-0.05, 0) is 12.8 Å². The number of carbonyl (C=O) groups is 2. The van der Waals surface area contributed by atoms with E-state index in [4.69, 9.17) is 4.74 Å². The van der Waals surface area contributed by atoms with Crippen LogP contribution >= 0.6 is 0 Å². The van der Waals surface area contributed by atoms with E-state index in [0.29, 0.717) is 32.6 Å². The molecule has 0 aromatic heterocycles. The summed E-state index contributed by atoms with van der Waals surface area (Å²) in [4.78, 5) is 26.1. The van der Waals surface area contributed by atoms with E-state index in [-0.39, 0.29) is 37.4 Å². The third-order valence-electron chi connectivity index (χ3n) is 5.35. The van der Waals surface area contributed by atoms with Gasteiger partial charge < -0.3 is 14.7 Å². The highest BCUT2D eigenvalue weighted by molar-refractivity contribution is 7.88. The number of amides is 1. The predicted octanol–water partition coefficient (Wildman–Crippen LogP) is -0.782. The Morgan fingerprint density at radius 3 is 2.35 bits per heavy atom. The number of likely N-dealkylation sites (tertiary alicyclic amines) is 1. The minimum absolute atomic E-state index is 0.0192. The fourth-order valence-corrected chi connectivity index (χ4v) is 4.86. The van der Waals surface area contributed by atoms with Crippen molar-refractivity contribution in [2.75, 3.05) is 45.6 Å². The van der Waals surface area contributed by atoms with Gasteiger partial charge in [-0.1, -0.05) is 0 Å². The topological polar surface area (TPSA) is 104 Å². The van der Waals surface area contributed by atoms with Crippen LogP contribution < -0.4 is 0 Å². The Balaban J connectivity index is 1.76. The highest BCUT2D eigenvalue weighted by atomic mass is 32.2. The van der Waals surface area contributed by atoms with Crippen LogP contribution in [0.3, 0.4) is 0 Å². The van der Waals surface area contributed by atoms with Crippen molar-refractivity contribution in [1.82, 2.24) is 9.21 Å². The van der Waals surface area contributed by atoms with Crippen LogP contribution in [0.4, 0.5) is 0 Å². The first kappa shape index (κ1) is 16.7. The van der Waals surface area contributed by atoms with Crippen molar-refractivity contribution >= 4 is 21.9 Å². The summed E-state index contributed by atoms with van der Waals surface area (Å²) in [6, 6.07) is 0. The molecule has 3 rings (SSSR count). The molecule has 3 aliphatic rings. The molecule has 0 bridgehead atoms. The minimum atomic E-state index is -3.42. The molecular weight excluding hydrogens is 324 g/mol. The van der Waals surface area contributed by atoms with E-state index in [1.54, 1.807) is 4.90 Å². The summed E-state index contributed by atoms with van der Waals surface area (Å²) in [5, 5.41) is 9.69. The Morgan fingerprint density at radius 1 is 1.17 bits per heavy atom. The van der Waals surface area contributed by atoms with Crippen molar-refractivity contribution in [3.63, 3.8) is 0 Å². The van der Waals surface area contributed by atoms with Crippen LogP contribution in [0.25, 0.3) is 0 Å². The Labute approximate surface area is 135 Å². The predicted molar refractivity (Wildman–Crippen MR) is 80.1 cm³/mol. The van der Waals surface area contributed by atoms with Crippen molar-refractivity contribution in [2.24, 2.45) is 17.3 Å². The zero-order valence-electron chi connectivity index (χ0n) is 13.1. The molecule has 130 valence electrons. The van der Waals surface area contributed by atoms with Crippen molar-refractivity contribution in [1.29, 1.82) is 0 Å². The van der Waals surface area contributed by atoms with Gasteiger partial charge in [0.25, 0.3) is 0 Å². The third-order valence-corrected chi connectivity index (χ3v) is 6.57. The molecule has 3 heterocycles. The number of sulfonamides is 1. The second-order valence-corrected chi connectivity index (χ2v) is 8.80. The Hall–Kier alpha value is -1.19. The summed E-state index contributed by atoms with van der Waals surface area (Å²) < 4.78 is 29.9. The molecular formula is C14H22N2O6S. The van der Waals surface area contributed by atoms with Gasteiger partial charge in [-0.3, -0.25) is 9.59 Å². The SMILES string of the molecule is CS(=O)(=O)N1C[C@@H]2CN(C(=O)C3CCOCC3)C[C@]2(C(=O)O)C1. The number of carbonyl (C=O) groups excluding carboxylic acids is 1. The standard InChI is InChI=1S/C14H22N2O6S/c1-23(20,21)16-7-11-6-15(8-14(11,9-16)13(18)19)12(17)10-2-4-22-5-3-10/h10-11H,2-9H2,1H3,(H,18,19)/t11-,14-/m0/s1. The van der Waals surface area contributed by atoms with Gasteiger partial charge in [0.05, 0.1) is 6.26 Å². The molecule has 2 atom stereocenters. The number of nitrogens with zero attached hydrogens (tertiary/aromatic N) is 2. The average Bonchev–Trinajstić information content (AvgIpc) is 3.02. The van der Waals surface area contributed by atoms with E-state index < -0.39 is 21.4 Å². The molecule has 3 aliphatic heterocycles. The lowest BCUT2D eigenvalue weighted by molar-refractivity contribution is -0.149. The lowest BCUT2D eigenvalue weighted by Crippen LogP contribution is -2.44. The second kappa shape index (κ2) is 5.71. The maximum absolute atomic E-state index is 12.6. The molecule has 3 fully saturated rings. The van der Waals surface area contributed by atoms with Crippen LogP contribution in [-0.2, 0) is 24.3 Å². The molecule has 0 aromatic rings. The van der Waals surface area contributed by atoms with E-state index in [0.717, 1.165) is 6.26 Å². The average molecular weight is 346 g/mol. The molecule has 3 saturated heterocycles. The largest absolute Gasteiger partial charge is 0.481 e. The number of rotatable bonds is 3. The van der Waals surface area contributed by atoms with Crippen molar-refractivity contribution in [3.8, 4) is 0 Å². The smallest absolute Gasteiger partial charge is 0.313 e. The van der Waals surface area contributed by atoms with Gasteiger partial charge in [-0.15, -0.1) is 0 Å². The Bertz CT molecular complexity index is 615. The second-order valence-electron chi connectivity index (χ2n) is 6.82. The fraction of sp³-hybridized carbons (Fsp3) is 0.857. The molecule has 1 amide bonds. The molecule has 0 saturated carbocycles. The fourth-order valence-electron chi connectivity index (χ4n) is 3.94. The lowest BCUT2D eigenvalue weighted by atomic mass is 9.81. The maximum Gasteiger partial charge on any atom is 0.313 e. The first-order chi connectivity index (χ1) is 10.7. The van der Waals surface area contributed by atoms with Gasteiger partial charge in [0.2, 0.25) is 15.9 Å². The van der Waals surface area contributed by atoms with Gasteiger partial charge in [0.15, 0.2) is 0 Å². The van der Waals surface area contributed by atoms with Crippen LogP contribution in [0.15, 0.2) is 0 Å². The summed E-state index contributed by atoms with van der Waals surface area (Å²) in [5.74, 6) is -1.50. The number of carboxylic acid groups (broad SMARTS) is 1. The highest BCUT2D eigenvalue weighted by Gasteiger charge is 2.60. The van der Waals surface area contributed by atoms with E-state index in [2.05, 4.69) is 0 Å². The van der Waals surface area contributed by atoms with Crippen LogP contribution in [0, 0.1) is 17.3 Å². The molecule has 8 nitrogen and oxygen atoms in total. The van der Waals surface area contributed by atoms with Gasteiger partial charge in [0.1, 0.15) is 5.41 Å². The molecule has 1 N–H and O–H groups in total. The number of hydrogen-bond donors (Lipinski definition) is 1. The van der Waals surface area contributed by atoms with E-state index >= 15 is 0 Å². The quantitative estimate of drug-likeness (QED) is 0.719. The van der Waals surface area contributed by atoms with Crippen molar-refractivity contribution < 1.29 is 27.9 Å². The molecule has 23 heavy (non-hydrogen) atoms. The third kappa shape index (κ3) is 2.85. The van der Waals surface area contributed by atoms with Gasteiger partial charge in [-0.25, -0.2) is 12.7 Å². The number of hydrogen-bond acceptors (Lipinski definition) is 5. The lowest BCUT2D eigenvalue weighted by Gasteiger charge is -2.28. The number of carboxylic acids is 1. The van der Waals surface area contributed by atoms with Crippen molar-refractivity contribution in [2.45, 2.75) is 12.8 Å². The normalized spacial score (nSPS) is 32.9. The number of ether oxygens (including phenoxy) is 1. The monoisotopic (exact) mass is 346 g/mol. The molecule has 0 aliphatic carbocycles. The van der Waals surface area contributed by atoms with Crippen LogP contribution in [-0.4, -0.2) is 80.3 Å². The van der Waals surface area contributed by atoms with E-state index in [9.17, 15) is 23.1 Å². The minimum Gasteiger partial charge on any atom is -0.481 e. The molecule has 0 aromatic carbocycles. The number of aliphatic carboxylic acids is 1. The summed E-state index contributed by atoms with van der Waals surface area (Å²) in [6.45, 7) is 1.63. The van der Waals surface area contributed by atoms with Gasteiger partial charge in [0, 0.05) is 51.2 Å². The van der Waals surface area contributed by atoms with Gasteiger partial charge >= 0.3 is 5.97 Å².